The van der Waals surface area contributed by atoms with Gasteiger partial charge in [0.1, 0.15) is 12.3 Å². The predicted octanol–water partition coefficient (Wildman–Crippen LogP) is 5.97. The lowest BCUT2D eigenvalue weighted by Crippen LogP contribution is -2.39. The van der Waals surface area contributed by atoms with Gasteiger partial charge in [0.15, 0.2) is 6.61 Å². The molecule has 0 saturated carbocycles. The predicted molar refractivity (Wildman–Crippen MR) is 170 cm³/mol. The van der Waals surface area contributed by atoms with Crippen molar-refractivity contribution in [2.24, 2.45) is 5.10 Å². The van der Waals surface area contributed by atoms with Crippen molar-refractivity contribution >= 4 is 62.6 Å². The summed E-state index contributed by atoms with van der Waals surface area (Å²) in [5, 5.41) is 7.42. The number of benzene rings is 4. The van der Waals surface area contributed by atoms with E-state index >= 15 is 0 Å². The molecule has 4 aromatic carbocycles. The Labute approximate surface area is 260 Å². The molecule has 0 heterocycles. The lowest BCUT2D eigenvalue weighted by atomic mass is 10.2. The van der Waals surface area contributed by atoms with Gasteiger partial charge in [0, 0.05) is 5.02 Å². The number of hydrogen-bond donors (Lipinski definition) is 2. The number of ether oxygens (including phenoxy) is 1. The third kappa shape index (κ3) is 8.57. The maximum absolute atomic E-state index is 13.5. The number of aryl methyl sites for hydroxylation is 2. The van der Waals surface area contributed by atoms with Crippen LogP contribution in [0.2, 0.25) is 10.0 Å². The van der Waals surface area contributed by atoms with Crippen LogP contribution in [0.25, 0.3) is 0 Å². The minimum Gasteiger partial charge on any atom is -0.484 e. The van der Waals surface area contributed by atoms with E-state index in [1.807, 2.05) is 6.92 Å². The molecule has 0 atom stereocenters. The molecule has 0 saturated heterocycles. The van der Waals surface area contributed by atoms with Crippen molar-refractivity contribution in [3.63, 3.8) is 0 Å². The SMILES string of the molecule is Cc1ccc(S(=O)(=O)N(CC(=O)N/N=C\c2ccc(OCC(=O)Nc3ccccc3Cl)cc2)c2ccc(C)c(Cl)c2)cc1. The van der Waals surface area contributed by atoms with Crippen LogP contribution in [0.5, 0.6) is 5.75 Å². The van der Waals surface area contributed by atoms with Crippen molar-refractivity contribution in [1.82, 2.24) is 5.43 Å². The summed E-state index contributed by atoms with van der Waals surface area (Å²) >= 11 is 12.3. The van der Waals surface area contributed by atoms with Crippen LogP contribution in [0, 0.1) is 13.8 Å². The van der Waals surface area contributed by atoms with E-state index in [9.17, 15) is 18.0 Å². The van der Waals surface area contributed by atoms with Crippen LogP contribution in [0.15, 0.2) is 101 Å². The number of hydrazone groups is 1. The van der Waals surface area contributed by atoms with Crippen LogP contribution in [-0.4, -0.2) is 39.6 Å². The summed E-state index contributed by atoms with van der Waals surface area (Å²) < 4.78 is 33.6. The first-order chi connectivity index (χ1) is 20.5. The van der Waals surface area contributed by atoms with E-state index in [1.54, 1.807) is 79.7 Å². The van der Waals surface area contributed by atoms with Gasteiger partial charge in [0.05, 0.1) is 27.5 Å². The summed E-state index contributed by atoms with van der Waals surface area (Å²) in [5.41, 5.74) is 5.39. The number of para-hydroxylation sites is 1. The Morgan fingerprint density at radius 3 is 2.26 bits per heavy atom. The molecule has 0 aliphatic heterocycles. The van der Waals surface area contributed by atoms with E-state index in [1.165, 1.54) is 24.4 Å². The minimum atomic E-state index is -4.10. The molecule has 0 aliphatic carbocycles. The molecule has 0 spiro atoms. The monoisotopic (exact) mass is 638 g/mol. The second-order valence-corrected chi connectivity index (χ2v) is 12.1. The summed E-state index contributed by atoms with van der Waals surface area (Å²) in [5.74, 6) is -0.579. The first-order valence-electron chi connectivity index (χ1n) is 13.0. The van der Waals surface area contributed by atoms with Crippen molar-refractivity contribution in [3.05, 3.63) is 118 Å². The summed E-state index contributed by atoms with van der Waals surface area (Å²) in [6.07, 6.45) is 1.40. The fourth-order valence-corrected chi connectivity index (χ4v) is 5.55. The second kappa shape index (κ2) is 14.2. The molecule has 12 heteroatoms. The van der Waals surface area contributed by atoms with E-state index in [4.69, 9.17) is 27.9 Å². The molecule has 222 valence electrons. The van der Waals surface area contributed by atoms with Gasteiger partial charge in [-0.05, 0) is 85.6 Å². The lowest BCUT2D eigenvalue weighted by Gasteiger charge is -2.24. The Balaban J connectivity index is 1.37. The number of carbonyl (C=O) groups excluding carboxylic acids is 2. The fraction of sp³-hybridized carbons (Fsp3) is 0.129. The van der Waals surface area contributed by atoms with Crippen LogP contribution in [0.1, 0.15) is 16.7 Å². The quantitative estimate of drug-likeness (QED) is 0.155. The number of sulfonamides is 1. The van der Waals surface area contributed by atoms with E-state index in [0.29, 0.717) is 27.0 Å². The van der Waals surface area contributed by atoms with Crippen LogP contribution < -0.4 is 19.8 Å². The standard InChI is InChI=1S/C31H28Cl2N4O5S/c1-21-7-15-26(16-8-21)43(40,41)37(24-12-9-22(2)28(33)17-24)19-30(38)36-34-18-23-10-13-25(14-11-23)42-20-31(39)35-29-6-4-3-5-27(29)32/h3-18H,19-20H2,1-2H3,(H,35,39)(H,36,38)/b34-18-. The normalized spacial score (nSPS) is 11.3. The topological polar surface area (TPSA) is 117 Å². The van der Waals surface area contributed by atoms with E-state index in [2.05, 4.69) is 15.8 Å². The maximum Gasteiger partial charge on any atom is 0.264 e. The molecule has 2 amide bonds. The van der Waals surface area contributed by atoms with E-state index in [-0.39, 0.29) is 23.1 Å². The van der Waals surface area contributed by atoms with Crippen LogP contribution in [-0.2, 0) is 19.6 Å². The van der Waals surface area contributed by atoms with Gasteiger partial charge in [0.25, 0.3) is 21.8 Å². The third-order valence-corrected chi connectivity index (χ3v) is 8.67. The molecule has 0 aromatic heterocycles. The molecule has 0 aliphatic rings. The van der Waals surface area contributed by atoms with Gasteiger partial charge in [-0.3, -0.25) is 13.9 Å². The maximum atomic E-state index is 13.5. The van der Waals surface area contributed by atoms with E-state index < -0.39 is 22.5 Å². The van der Waals surface area contributed by atoms with Crippen LogP contribution >= 0.6 is 23.2 Å². The number of hydrogen-bond acceptors (Lipinski definition) is 6. The molecule has 0 bridgehead atoms. The summed E-state index contributed by atoms with van der Waals surface area (Å²) in [6, 6.07) is 24.6. The fourth-order valence-electron chi connectivity index (χ4n) is 3.78. The van der Waals surface area contributed by atoms with Crippen molar-refractivity contribution in [1.29, 1.82) is 0 Å². The Bertz CT molecular complexity index is 1750. The van der Waals surface area contributed by atoms with Gasteiger partial charge < -0.3 is 10.1 Å². The Morgan fingerprint density at radius 1 is 0.884 bits per heavy atom. The molecule has 0 fully saturated rings. The highest BCUT2D eigenvalue weighted by atomic mass is 35.5. The van der Waals surface area contributed by atoms with Gasteiger partial charge in [-0.15, -0.1) is 0 Å². The number of halogens is 2. The summed E-state index contributed by atoms with van der Waals surface area (Å²) in [7, 11) is -4.10. The van der Waals surface area contributed by atoms with Gasteiger partial charge in [-0.2, -0.15) is 5.10 Å². The molecule has 4 aromatic rings. The van der Waals surface area contributed by atoms with E-state index in [0.717, 1.165) is 15.4 Å². The molecule has 43 heavy (non-hydrogen) atoms. The molecule has 0 radical (unpaired) electrons. The molecular weight excluding hydrogens is 611 g/mol. The Hall–Kier alpha value is -4.38. The first-order valence-corrected chi connectivity index (χ1v) is 15.2. The van der Waals surface area contributed by atoms with Crippen molar-refractivity contribution in [2.75, 3.05) is 22.8 Å². The van der Waals surface area contributed by atoms with Crippen LogP contribution in [0.3, 0.4) is 0 Å². The zero-order valence-electron chi connectivity index (χ0n) is 23.3. The first kappa shape index (κ1) is 31.6. The Kier molecular flexibility index (Phi) is 10.4. The highest BCUT2D eigenvalue weighted by Crippen LogP contribution is 2.28. The van der Waals surface area contributed by atoms with Crippen LogP contribution in [0.4, 0.5) is 11.4 Å². The number of nitrogens with zero attached hydrogens (tertiary/aromatic N) is 2. The highest BCUT2D eigenvalue weighted by Gasteiger charge is 2.27. The third-order valence-electron chi connectivity index (χ3n) is 6.14. The molecule has 0 unspecified atom stereocenters. The highest BCUT2D eigenvalue weighted by molar-refractivity contribution is 7.92. The van der Waals surface area contributed by atoms with Gasteiger partial charge >= 0.3 is 0 Å². The number of anilines is 2. The molecular formula is C31H28Cl2N4O5S. The lowest BCUT2D eigenvalue weighted by molar-refractivity contribution is -0.119. The number of amides is 2. The summed E-state index contributed by atoms with van der Waals surface area (Å²) in [4.78, 5) is 25.0. The minimum absolute atomic E-state index is 0.0368. The second-order valence-electron chi connectivity index (χ2n) is 9.44. The molecule has 4 rings (SSSR count). The van der Waals surface area contributed by atoms with Crippen molar-refractivity contribution in [2.45, 2.75) is 18.7 Å². The average Bonchev–Trinajstić information content (AvgIpc) is 2.98. The zero-order valence-corrected chi connectivity index (χ0v) is 25.6. The van der Waals surface area contributed by atoms with Gasteiger partial charge in [-0.1, -0.05) is 59.1 Å². The number of rotatable bonds is 11. The van der Waals surface area contributed by atoms with Gasteiger partial charge in [0.2, 0.25) is 0 Å². The number of nitrogens with one attached hydrogen (secondary N) is 2. The van der Waals surface area contributed by atoms with Crippen molar-refractivity contribution < 1.29 is 22.7 Å². The average molecular weight is 640 g/mol. The zero-order chi connectivity index (χ0) is 31.0. The number of carbonyl (C=O) groups is 2. The smallest absolute Gasteiger partial charge is 0.264 e. The molecule has 9 nitrogen and oxygen atoms in total. The van der Waals surface area contributed by atoms with Gasteiger partial charge in [-0.25, -0.2) is 13.8 Å². The van der Waals surface area contributed by atoms with Crippen molar-refractivity contribution in [3.8, 4) is 5.75 Å². The largest absolute Gasteiger partial charge is 0.484 e. The Morgan fingerprint density at radius 2 is 1.58 bits per heavy atom. The summed E-state index contributed by atoms with van der Waals surface area (Å²) in [6.45, 7) is 2.89. The molecule has 2 N–H and O–H groups in total.